The Bertz CT molecular complexity index is 982. The molecule has 33 heavy (non-hydrogen) atoms. The Balaban J connectivity index is 2.02. The summed E-state index contributed by atoms with van der Waals surface area (Å²) in [5.74, 6) is -1.41. The maximum absolute atomic E-state index is 13.8. The number of aryl methyl sites for hydroxylation is 1. The van der Waals surface area contributed by atoms with E-state index in [1.54, 1.807) is 0 Å². The average Bonchev–Trinajstić information content (AvgIpc) is 3.45. The Kier molecular flexibility index (Phi) is 8.43. The molecule has 8 nitrogen and oxygen atoms in total. The third kappa shape index (κ3) is 5.71. The lowest BCUT2D eigenvalue weighted by molar-refractivity contribution is -0.123. The lowest BCUT2D eigenvalue weighted by Crippen LogP contribution is -2.51. The van der Waals surface area contributed by atoms with E-state index in [-0.39, 0.29) is 28.2 Å². The number of hydrogen-bond acceptors (Lipinski definition) is 6. The Hall–Kier alpha value is -2.94. The fraction of sp³-hybridized carbons (Fsp3) is 0.500. The van der Waals surface area contributed by atoms with Gasteiger partial charge in [0.2, 0.25) is 5.91 Å². The molecule has 178 valence electrons. The van der Waals surface area contributed by atoms with E-state index in [9.17, 15) is 14.4 Å². The van der Waals surface area contributed by atoms with E-state index in [2.05, 4.69) is 23.5 Å². The first-order valence-electron chi connectivity index (χ1n) is 11.6. The molecule has 9 heteroatoms. The second kappa shape index (κ2) is 11.3. The minimum Gasteiger partial charge on any atom is -0.395 e. The molecule has 0 bridgehead atoms. The maximum Gasteiger partial charge on any atom is 0.272 e. The van der Waals surface area contributed by atoms with Crippen LogP contribution in [0.15, 0.2) is 24.3 Å². The summed E-state index contributed by atoms with van der Waals surface area (Å²) in [5, 5.41) is 3.15. The van der Waals surface area contributed by atoms with Crippen molar-refractivity contribution in [3.63, 3.8) is 0 Å². The number of nitrogens with one attached hydrogen (secondary N) is 1. The minimum atomic E-state index is -0.789. The number of primary amides is 1. The number of rotatable bonds is 10. The topological polar surface area (TPSA) is 131 Å². The SMILES string of the molecule is CCCC[C@H](C(=O)NC1CCCC1)N(C(=O)c1snc(C(N)=O)c1N)c1ccc(CC)cc1. The lowest BCUT2D eigenvalue weighted by Gasteiger charge is -2.32. The van der Waals surface area contributed by atoms with Crippen molar-refractivity contribution in [1.29, 1.82) is 0 Å². The zero-order valence-corrected chi connectivity index (χ0v) is 20.1. The number of anilines is 2. The van der Waals surface area contributed by atoms with Crippen LogP contribution in [0.25, 0.3) is 0 Å². The molecule has 0 aliphatic heterocycles. The summed E-state index contributed by atoms with van der Waals surface area (Å²) in [4.78, 5) is 40.5. The highest BCUT2D eigenvalue weighted by atomic mass is 32.1. The second-order valence-electron chi connectivity index (χ2n) is 8.48. The number of hydrogen-bond donors (Lipinski definition) is 3. The number of aromatic nitrogens is 1. The second-order valence-corrected chi connectivity index (χ2v) is 9.25. The summed E-state index contributed by atoms with van der Waals surface area (Å²) >= 11 is 0.830. The predicted molar refractivity (Wildman–Crippen MR) is 131 cm³/mol. The van der Waals surface area contributed by atoms with E-state index in [1.807, 2.05) is 24.3 Å². The monoisotopic (exact) mass is 471 g/mol. The van der Waals surface area contributed by atoms with E-state index in [1.165, 1.54) is 4.90 Å². The number of amides is 3. The summed E-state index contributed by atoms with van der Waals surface area (Å²) in [6.07, 6.45) is 7.14. The molecule has 1 heterocycles. The van der Waals surface area contributed by atoms with E-state index in [0.717, 1.165) is 62.0 Å². The highest BCUT2D eigenvalue weighted by Gasteiger charge is 2.35. The van der Waals surface area contributed by atoms with Gasteiger partial charge < -0.3 is 16.8 Å². The third-order valence-electron chi connectivity index (χ3n) is 6.14. The number of carbonyl (C=O) groups excluding carboxylic acids is 3. The van der Waals surface area contributed by atoms with Crippen molar-refractivity contribution < 1.29 is 14.4 Å². The molecule has 0 radical (unpaired) electrons. The molecule has 0 saturated heterocycles. The van der Waals surface area contributed by atoms with Crippen molar-refractivity contribution in [2.24, 2.45) is 5.73 Å². The predicted octanol–water partition coefficient (Wildman–Crippen LogP) is 3.65. The zero-order valence-electron chi connectivity index (χ0n) is 19.3. The van der Waals surface area contributed by atoms with Crippen LogP contribution in [0.4, 0.5) is 11.4 Å². The van der Waals surface area contributed by atoms with Crippen LogP contribution in [0.1, 0.15) is 84.5 Å². The molecular weight excluding hydrogens is 438 g/mol. The van der Waals surface area contributed by atoms with Crippen LogP contribution in [0.3, 0.4) is 0 Å². The Morgan fingerprint density at radius 1 is 1.18 bits per heavy atom. The molecule has 1 aliphatic carbocycles. The van der Waals surface area contributed by atoms with Gasteiger partial charge in [0, 0.05) is 11.7 Å². The van der Waals surface area contributed by atoms with Crippen LogP contribution in [0, 0.1) is 0 Å². The van der Waals surface area contributed by atoms with Gasteiger partial charge in [0.25, 0.3) is 11.8 Å². The standard InChI is InChI=1S/C24H33N5O3S/c1-3-5-10-18(23(31)27-16-8-6-7-9-16)29(17-13-11-15(4-2)12-14-17)24(32)21-19(25)20(22(26)30)28-33-21/h11-14,16,18H,3-10,25H2,1-2H3,(H2,26,30)(H,27,31)/t18-/m1/s1. The summed E-state index contributed by atoms with van der Waals surface area (Å²) < 4.78 is 3.98. The molecule has 2 aromatic rings. The highest BCUT2D eigenvalue weighted by Crippen LogP contribution is 2.29. The summed E-state index contributed by atoms with van der Waals surface area (Å²) in [5.41, 5.74) is 13.0. The fourth-order valence-corrected chi connectivity index (χ4v) is 4.95. The number of unbranched alkanes of at least 4 members (excludes halogenated alkanes) is 1. The Morgan fingerprint density at radius 3 is 2.39 bits per heavy atom. The van der Waals surface area contributed by atoms with Gasteiger partial charge in [0.1, 0.15) is 10.9 Å². The van der Waals surface area contributed by atoms with E-state index in [4.69, 9.17) is 11.5 Å². The minimum absolute atomic E-state index is 0.0434. The van der Waals surface area contributed by atoms with Gasteiger partial charge in [-0.15, -0.1) is 0 Å². The third-order valence-corrected chi connectivity index (χ3v) is 7.00. The molecule has 1 aromatic heterocycles. The zero-order chi connectivity index (χ0) is 24.0. The van der Waals surface area contributed by atoms with Crippen LogP contribution in [-0.2, 0) is 11.2 Å². The largest absolute Gasteiger partial charge is 0.395 e. The van der Waals surface area contributed by atoms with Gasteiger partial charge in [0.15, 0.2) is 5.69 Å². The number of benzene rings is 1. The number of nitrogen functional groups attached to an aromatic ring is 1. The van der Waals surface area contributed by atoms with Crippen LogP contribution < -0.4 is 21.7 Å². The first-order chi connectivity index (χ1) is 15.9. The Labute approximate surface area is 198 Å². The molecule has 1 aliphatic rings. The molecule has 1 fully saturated rings. The van der Waals surface area contributed by atoms with E-state index >= 15 is 0 Å². The first-order valence-corrected chi connectivity index (χ1v) is 12.4. The van der Waals surface area contributed by atoms with Gasteiger partial charge in [-0.25, -0.2) is 0 Å². The molecule has 1 aromatic carbocycles. The van der Waals surface area contributed by atoms with Crippen LogP contribution in [0.2, 0.25) is 0 Å². The normalized spacial score (nSPS) is 14.7. The lowest BCUT2D eigenvalue weighted by atomic mass is 10.0. The molecule has 3 rings (SSSR count). The molecule has 3 amide bonds. The Morgan fingerprint density at radius 2 is 1.85 bits per heavy atom. The quantitative estimate of drug-likeness (QED) is 0.487. The molecular formula is C24H33N5O3S. The summed E-state index contributed by atoms with van der Waals surface area (Å²) in [6.45, 7) is 4.11. The average molecular weight is 472 g/mol. The summed E-state index contributed by atoms with van der Waals surface area (Å²) in [7, 11) is 0. The van der Waals surface area contributed by atoms with Crippen molar-refractivity contribution in [3.05, 3.63) is 40.4 Å². The van der Waals surface area contributed by atoms with Crippen molar-refractivity contribution in [2.45, 2.75) is 77.3 Å². The highest BCUT2D eigenvalue weighted by molar-refractivity contribution is 7.09. The van der Waals surface area contributed by atoms with Gasteiger partial charge in [-0.05, 0) is 54.9 Å². The molecule has 1 saturated carbocycles. The fourth-order valence-electron chi connectivity index (χ4n) is 4.21. The van der Waals surface area contributed by atoms with Gasteiger partial charge in [-0.2, -0.15) is 4.37 Å². The number of carbonyl (C=O) groups is 3. The van der Waals surface area contributed by atoms with Crippen LogP contribution in [-0.4, -0.2) is 34.2 Å². The smallest absolute Gasteiger partial charge is 0.272 e. The van der Waals surface area contributed by atoms with E-state index < -0.39 is 17.9 Å². The van der Waals surface area contributed by atoms with Crippen molar-refractivity contribution in [1.82, 2.24) is 9.69 Å². The van der Waals surface area contributed by atoms with Crippen LogP contribution >= 0.6 is 11.5 Å². The molecule has 5 N–H and O–H groups in total. The number of nitrogens with zero attached hydrogens (tertiary/aromatic N) is 2. The van der Waals surface area contributed by atoms with Crippen LogP contribution in [0.5, 0.6) is 0 Å². The molecule has 0 unspecified atom stereocenters. The molecule has 0 spiro atoms. The molecule has 1 atom stereocenters. The first kappa shape index (κ1) is 24.7. The van der Waals surface area contributed by atoms with Gasteiger partial charge in [-0.3, -0.25) is 19.3 Å². The van der Waals surface area contributed by atoms with Crippen molar-refractivity contribution in [3.8, 4) is 0 Å². The summed E-state index contributed by atoms with van der Waals surface area (Å²) in [6, 6.07) is 7.04. The van der Waals surface area contributed by atoms with Crippen molar-refractivity contribution >= 4 is 40.6 Å². The number of nitrogens with two attached hydrogens (primary N) is 2. The van der Waals surface area contributed by atoms with Gasteiger partial charge in [-0.1, -0.05) is 51.7 Å². The van der Waals surface area contributed by atoms with Gasteiger partial charge in [0.05, 0.1) is 5.69 Å². The van der Waals surface area contributed by atoms with Gasteiger partial charge >= 0.3 is 0 Å². The maximum atomic E-state index is 13.8. The van der Waals surface area contributed by atoms with Crippen molar-refractivity contribution in [2.75, 3.05) is 10.6 Å². The van der Waals surface area contributed by atoms with E-state index in [0.29, 0.717) is 12.1 Å².